The van der Waals surface area contributed by atoms with Crippen LogP contribution >= 0.6 is 0 Å². The molecule has 0 bridgehead atoms. The van der Waals surface area contributed by atoms with Gasteiger partial charge in [-0.1, -0.05) is 31.1 Å². The van der Waals surface area contributed by atoms with Gasteiger partial charge in [-0.2, -0.15) is 0 Å². The summed E-state index contributed by atoms with van der Waals surface area (Å²) in [5.74, 6) is 0.355. The Kier molecular flexibility index (Phi) is 6.18. The fourth-order valence-electron chi connectivity index (χ4n) is 1.07. The highest BCUT2D eigenvalue weighted by atomic mass is 16.1. The zero-order chi connectivity index (χ0) is 11.1. The van der Waals surface area contributed by atoms with Crippen molar-refractivity contribution in [2.75, 3.05) is 0 Å². The average molecular weight is 194 g/mol. The standard InChI is InChI=1S/C13H22O/c1-10(2)7-6-8-12(5)9-13(14)11(3)4/h7,9,11H,6,8H2,1-5H3. The first-order valence-electron chi connectivity index (χ1n) is 5.28. The number of hydrogen-bond donors (Lipinski definition) is 0. The lowest BCUT2D eigenvalue weighted by Gasteiger charge is -2.01. The number of carbonyl (C=O) groups is 1. The highest BCUT2D eigenvalue weighted by Gasteiger charge is 2.03. The Morgan fingerprint density at radius 3 is 2.21 bits per heavy atom. The van der Waals surface area contributed by atoms with Crippen molar-refractivity contribution < 1.29 is 4.79 Å². The highest BCUT2D eigenvalue weighted by Crippen LogP contribution is 2.08. The van der Waals surface area contributed by atoms with Crippen LogP contribution in [-0.4, -0.2) is 5.78 Å². The maximum Gasteiger partial charge on any atom is 0.158 e. The molecule has 0 amide bonds. The quantitative estimate of drug-likeness (QED) is 0.479. The second-order valence-corrected chi connectivity index (χ2v) is 4.37. The Bertz CT molecular complexity index is 240. The first-order valence-corrected chi connectivity index (χ1v) is 5.28. The van der Waals surface area contributed by atoms with Crippen LogP contribution in [0.4, 0.5) is 0 Å². The van der Waals surface area contributed by atoms with Crippen LogP contribution in [0, 0.1) is 5.92 Å². The van der Waals surface area contributed by atoms with E-state index in [1.165, 1.54) is 11.1 Å². The van der Waals surface area contributed by atoms with E-state index >= 15 is 0 Å². The predicted molar refractivity (Wildman–Crippen MR) is 62.3 cm³/mol. The Labute approximate surface area is 87.9 Å². The summed E-state index contributed by atoms with van der Waals surface area (Å²) in [6.45, 7) is 10.1. The summed E-state index contributed by atoms with van der Waals surface area (Å²) in [6.07, 6.45) is 6.01. The Balaban J connectivity index is 4.02. The Morgan fingerprint density at radius 2 is 1.79 bits per heavy atom. The number of carbonyl (C=O) groups excluding carboxylic acids is 1. The number of allylic oxidation sites excluding steroid dienone is 4. The number of hydrogen-bond acceptors (Lipinski definition) is 1. The van der Waals surface area contributed by atoms with Gasteiger partial charge in [0.25, 0.3) is 0 Å². The van der Waals surface area contributed by atoms with Gasteiger partial charge < -0.3 is 0 Å². The van der Waals surface area contributed by atoms with Gasteiger partial charge in [0.2, 0.25) is 0 Å². The van der Waals surface area contributed by atoms with E-state index in [4.69, 9.17) is 0 Å². The predicted octanol–water partition coefficient (Wildman–Crippen LogP) is 3.90. The summed E-state index contributed by atoms with van der Waals surface area (Å²) in [5, 5.41) is 0. The van der Waals surface area contributed by atoms with Crippen LogP contribution in [0.3, 0.4) is 0 Å². The van der Waals surface area contributed by atoms with Gasteiger partial charge in [0.05, 0.1) is 0 Å². The fourth-order valence-corrected chi connectivity index (χ4v) is 1.07. The maximum atomic E-state index is 11.4. The molecule has 0 N–H and O–H groups in total. The molecule has 0 radical (unpaired) electrons. The van der Waals surface area contributed by atoms with Crippen molar-refractivity contribution in [3.8, 4) is 0 Å². The third-order valence-electron chi connectivity index (χ3n) is 2.05. The molecule has 0 rings (SSSR count). The van der Waals surface area contributed by atoms with Crippen LogP contribution in [-0.2, 0) is 4.79 Å². The molecule has 0 aliphatic carbocycles. The minimum atomic E-state index is 0.119. The molecule has 0 saturated heterocycles. The molecule has 0 aromatic heterocycles. The molecule has 0 heterocycles. The van der Waals surface area contributed by atoms with Gasteiger partial charge in [0.1, 0.15) is 0 Å². The van der Waals surface area contributed by atoms with Crippen LogP contribution in [0.5, 0.6) is 0 Å². The Morgan fingerprint density at radius 1 is 1.21 bits per heavy atom. The molecule has 0 unspecified atom stereocenters. The van der Waals surface area contributed by atoms with Crippen molar-refractivity contribution in [1.82, 2.24) is 0 Å². The first-order chi connectivity index (χ1) is 6.43. The van der Waals surface area contributed by atoms with Crippen LogP contribution < -0.4 is 0 Å². The van der Waals surface area contributed by atoms with E-state index in [1.807, 2.05) is 20.8 Å². The van der Waals surface area contributed by atoms with Crippen molar-refractivity contribution in [3.63, 3.8) is 0 Å². The van der Waals surface area contributed by atoms with Gasteiger partial charge in [-0.25, -0.2) is 0 Å². The van der Waals surface area contributed by atoms with Crippen molar-refractivity contribution in [2.24, 2.45) is 5.92 Å². The number of ketones is 1. The molecule has 0 aliphatic heterocycles. The van der Waals surface area contributed by atoms with E-state index in [0.29, 0.717) is 0 Å². The minimum Gasteiger partial charge on any atom is -0.295 e. The van der Waals surface area contributed by atoms with E-state index in [2.05, 4.69) is 19.9 Å². The minimum absolute atomic E-state index is 0.119. The van der Waals surface area contributed by atoms with Crippen LogP contribution in [0.15, 0.2) is 23.3 Å². The molecule has 0 aliphatic rings. The summed E-state index contributed by atoms with van der Waals surface area (Å²) < 4.78 is 0. The van der Waals surface area contributed by atoms with Gasteiger partial charge in [0, 0.05) is 5.92 Å². The van der Waals surface area contributed by atoms with Gasteiger partial charge in [0.15, 0.2) is 5.78 Å². The molecule has 1 heteroatoms. The molecule has 0 atom stereocenters. The lowest BCUT2D eigenvalue weighted by atomic mass is 10.0. The molecular formula is C13H22O. The fraction of sp³-hybridized carbons (Fsp3) is 0.615. The molecule has 0 saturated carbocycles. The lowest BCUT2D eigenvalue weighted by molar-refractivity contribution is -0.117. The van der Waals surface area contributed by atoms with E-state index in [1.54, 1.807) is 6.08 Å². The molecule has 0 fully saturated rings. The second-order valence-electron chi connectivity index (χ2n) is 4.37. The molecular weight excluding hydrogens is 172 g/mol. The van der Waals surface area contributed by atoms with Crippen LogP contribution in [0.25, 0.3) is 0 Å². The maximum absolute atomic E-state index is 11.4. The SMILES string of the molecule is CC(C)=CCCC(C)=CC(=O)C(C)C. The zero-order valence-corrected chi connectivity index (χ0v) is 10.1. The topological polar surface area (TPSA) is 17.1 Å². The second kappa shape index (κ2) is 6.58. The van der Waals surface area contributed by atoms with E-state index in [9.17, 15) is 4.79 Å². The number of rotatable bonds is 5. The largest absolute Gasteiger partial charge is 0.295 e. The highest BCUT2D eigenvalue weighted by molar-refractivity contribution is 5.91. The average Bonchev–Trinajstić information content (AvgIpc) is 2.02. The molecule has 80 valence electrons. The van der Waals surface area contributed by atoms with Gasteiger partial charge in [-0.05, 0) is 39.7 Å². The van der Waals surface area contributed by atoms with Gasteiger partial charge >= 0.3 is 0 Å². The smallest absolute Gasteiger partial charge is 0.158 e. The first kappa shape index (κ1) is 13.2. The van der Waals surface area contributed by atoms with E-state index < -0.39 is 0 Å². The molecule has 14 heavy (non-hydrogen) atoms. The van der Waals surface area contributed by atoms with E-state index in [-0.39, 0.29) is 11.7 Å². The molecule has 0 aromatic rings. The van der Waals surface area contributed by atoms with Crippen molar-refractivity contribution in [2.45, 2.75) is 47.5 Å². The third-order valence-corrected chi connectivity index (χ3v) is 2.05. The van der Waals surface area contributed by atoms with E-state index in [0.717, 1.165) is 12.8 Å². The zero-order valence-electron chi connectivity index (χ0n) is 10.1. The monoisotopic (exact) mass is 194 g/mol. The molecule has 0 spiro atoms. The summed E-state index contributed by atoms with van der Waals surface area (Å²) in [4.78, 5) is 11.4. The summed E-state index contributed by atoms with van der Waals surface area (Å²) in [5.41, 5.74) is 2.52. The summed E-state index contributed by atoms with van der Waals surface area (Å²) >= 11 is 0. The molecule has 0 aromatic carbocycles. The summed E-state index contributed by atoms with van der Waals surface area (Å²) in [7, 11) is 0. The van der Waals surface area contributed by atoms with Crippen LogP contribution in [0.2, 0.25) is 0 Å². The Hall–Kier alpha value is -0.850. The third kappa shape index (κ3) is 6.64. The molecule has 1 nitrogen and oxygen atoms in total. The van der Waals surface area contributed by atoms with Gasteiger partial charge in [-0.3, -0.25) is 4.79 Å². The summed E-state index contributed by atoms with van der Waals surface area (Å²) in [6, 6.07) is 0. The van der Waals surface area contributed by atoms with Gasteiger partial charge in [-0.15, -0.1) is 0 Å². The van der Waals surface area contributed by atoms with Crippen molar-refractivity contribution in [1.29, 1.82) is 0 Å². The lowest BCUT2D eigenvalue weighted by Crippen LogP contribution is -2.03. The van der Waals surface area contributed by atoms with Crippen molar-refractivity contribution >= 4 is 5.78 Å². The van der Waals surface area contributed by atoms with Crippen molar-refractivity contribution in [3.05, 3.63) is 23.3 Å². The normalized spacial score (nSPS) is 11.7. The van der Waals surface area contributed by atoms with Crippen LogP contribution in [0.1, 0.15) is 47.5 Å².